The molecule has 0 saturated heterocycles. The van der Waals surface area contributed by atoms with Gasteiger partial charge in [-0.15, -0.1) is 0 Å². The van der Waals surface area contributed by atoms with Crippen molar-refractivity contribution in [2.45, 2.75) is 18.2 Å². The molecule has 5 nitrogen and oxygen atoms in total. The third-order valence-electron chi connectivity index (χ3n) is 5.06. The zero-order valence-corrected chi connectivity index (χ0v) is 18.7. The van der Waals surface area contributed by atoms with Gasteiger partial charge in [0.05, 0.1) is 6.42 Å². The van der Waals surface area contributed by atoms with E-state index in [4.69, 9.17) is 9.47 Å². The maximum absolute atomic E-state index is 14.0. The van der Waals surface area contributed by atoms with E-state index in [1.807, 2.05) is 25.1 Å². The number of esters is 2. The lowest BCUT2D eigenvalue weighted by Crippen LogP contribution is -2.13. The van der Waals surface area contributed by atoms with Gasteiger partial charge in [-0.05, 0) is 70.7 Å². The van der Waals surface area contributed by atoms with Gasteiger partial charge in [0.25, 0.3) is 0 Å². The molecule has 2 aromatic carbocycles. The highest BCUT2D eigenvalue weighted by molar-refractivity contribution is 7.84. The average molecular weight is 455 g/mol. The summed E-state index contributed by atoms with van der Waals surface area (Å²) in [4.78, 5) is 24.1. The molecule has 0 aliphatic heterocycles. The minimum atomic E-state index is -1.06. The monoisotopic (exact) mass is 454 g/mol. The van der Waals surface area contributed by atoms with E-state index in [1.165, 1.54) is 12.1 Å². The number of hydrogen-bond acceptors (Lipinski definition) is 5. The van der Waals surface area contributed by atoms with Gasteiger partial charge >= 0.3 is 11.9 Å². The van der Waals surface area contributed by atoms with Crippen LogP contribution in [0.15, 0.2) is 65.6 Å². The van der Waals surface area contributed by atoms with Crippen LogP contribution >= 0.6 is 0 Å². The first-order valence-electron chi connectivity index (χ1n) is 9.90. The first-order valence-corrected chi connectivity index (χ1v) is 11.5. The molecule has 7 heteroatoms. The second kappa shape index (κ2) is 10.3. The lowest BCUT2D eigenvalue weighted by Gasteiger charge is -2.08. The second-order valence-electron chi connectivity index (χ2n) is 7.14. The molecule has 0 bridgehead atoms. The van der Waals surface area contributed by atoms with Gasteiger partial charge in [-0.1, -0.05) is 24.8 Å². The molecule has 0 spiro atoms. The van der Waals surface area contributed by atoms with Gasteiger partial charge in [-0.25, -0.2) is 9.18 Å². The van der Waals surface area contributed by atoms with Crippen LogP contribution in [0.1, 0.15) is 30.0 Å². The van der Waals surface area contributed by atoms with Crippen LogP contribution in [0.5, 0.6) is 0 Å². The molecule has 1 atom stereocenters. The Morgan fingerprint density at radius 3 is 2.41 bits per heavy atom. The number of hydrogen-bond donors (Lipinski definition) is 0. The number of allylic oxidation sites excluding steroid dienone is 2. The fourth-order valence-corrected chi connectivity index (χ4v) is 3.98. The van der Waals surface area contributed by atoms with E-state index < -0.39 is 28.6 Å². The zero-order valence-electron chi connectivity index (χ0n) is 17.9. The highest BCUT2D eigenvalue weighted by Gasteiger charge is 2.26. The highest BCUT2D eigenvalue weighted by atomic mass is 32.2. The van der Waals surface area contributed by atoms with Crippen LogP contribution in [0.2, 0.25) is 0 Å². The van der Waals surface area contributed by atoms with Crippen LogP contribution in [-0.4, -0.2) is 35.6 Å². The quantitative estimate of drug-likeness (QED) is 0.332. The number of halogens is 1. The van der Waals surface area contributed by atoms with Gasteiger partial charge in [0, 0.05) is 28.0 Å². The molecule has 2 aromatic rings. The summed E-state index contributed by atoms with van der Waals surface area (Å²) in [5.41, 5.74) is 4.79. The second-order valence-corrected chi connectivity index (χ2v) is 8.52. The summed E-state index contributed by atoms with van der Waals surface area (Å²) < 4.78 is 35.5. The van der Waals surface area contributed by atoms with Gasteiger partial charge in [0.2, 0.25) is 0 Å². The number of benzene rings is 2. The molecule has 0 saturated carbocycles. The average Bonchev–Trinajstić information content (AvgIpc) is 3.02. The van der Waals surface area contributed by atoms with Crippen LogP contribution in [0.4, 0.5) is 4.39 Å². The van der Waals surface area contributed by atoms with Gasteiger partial charge < -0.3 is 9.47 Å². The Morgan fingerprint density at radius 1 is 1.06 bits per heavy atom. The molecule has 1 unspecified atom stereocenters. The van der Waals surface area contributed by atoms with Gasteiger partial charge in [-0.2, -0.15) is 0 Å². The predicted octanol–water partition coefficient (Wildman–Crippen LogP) is 4.55. The Kier molecular flexibility index (Phi) is 7.53. The van der Waals surface area contributed by atoms with Crippen LogP contribution in [0.25, 0.3) is 17.2 Å². The number of ether oxygens (including phenoxy) is 2. The van der Waals surface area contributed by atoms with Crippen molar-refractivity contribution in [2.24, 2.45) is 0 Å². The normalized spacial score (nSPS) is 14.8. The standard InChI is InChI=1S/C25H23FO5S/c1-4-24(27)30-11-12-31-25(28)15-22-16(2)21(20-10-7-18(26)14-23(20)22)13-17-5-8-19(9-6-17)32(3)29/h4-10,13-14H,1,11-12,15H2,2-3H3/b21-13-. The SMILES string of the molecule is C=CC(=O)OCCOC(=O)CC1=C(C)/C(=C/c2ccc(S(C)=O)cc2)c2ccc(F)cc21. The molecule has 32 heavy (non-hydrogen) atoms. The van der Waals surface area contributed by atoms with E-state index in [2.05, 4.69) is 6.58 Å². The summed E-state index contributed by atoms with van der Waals surface area (Å²) in [5.74, 6) is -1.48. The number of fused-ring (bicyclic) bond motifs is 1. The number of rotatable bonds is 8. The molecule has 166 valence electrons. The summed E-state index contributed by atoms with van der Waals surface area (Å²) in [7, 11) is -1.06. The fourth-order valence-electron chi connectivity index (χ4n) is 3.46. The number of carbonyl (C=O) groups excluding carboxylic acids is 2. The molecule has 0 aromatic heterocycles. The molecule has 0 radical (unpaired) electrons. The Balaban J connectivity index is 1.83. The topological polar surface area (TPSA) is 69.7 Å². The van der Waals surface area contributed by atoms with Crippen molar-refractivity contribution in [1.82, 2.24) is 0 Å². The lowest BCUT2D eigenvalue weighted by molar-refractivity contribution is -0.148. The van der Waals surface area contributed by atoms with Crippen molar-refractivity contribution in [3.05, 3.63) is 83.2 Å². The first-order chi connectivity index (χ1) is 15.3. The van der Waals surface area contributed by atoms with Gasteiger partial charge in [0.15, 0.2) is 0 Å². The third-order valence-corrected chi connectivity index (χ3v) is 5.99. The zero-order chi connectivity index (χ0) is 23.3. The fraction of sp³-hybridized carbons (Fsp3) is 0.200. The Hall–Kier alpha value is -3.32. The third kappa shape index (κ3) is 5.48. The summed E-state index contributed by atoms with van der Waals surface area (Å²) >= 11 is 0. The minimum Gasteiger partial charge on any atom is -0.462 e. The lowest BCUT2D eigenvalue weighted by atomic mass is 10.0. The van der Waals surface area contributed by atoms with E-state index in [9.17, 15) is 18.2 Å². The molecule has 3 rings (SSSR count). The summed E-state index contributed by atoms with van der Waals surface area (Å²) in [6, 6.07) is 11.9. The molecule has 1 aliphatic rings. The van der Waals surface area contributed by atoms with Crippen molar-refractivity contribution < 1.29 is 27.7 Å². The molecular formula is C25H23FO5S. The van der Waals surface area contributed by atoms with Crippen molar-refractivity contribution >= 4 is 40.0 Å². The Labute approximate surface area is 188 Å². The maximum Gasteiger partial charge on any atom is 0.330 e. The van der Waals surface area contributed by atoms with Crippen LogP contribution in [0.3, 0.4) is 0 Å². The van der Waals surface area contributed by atoms with Crippen molar-refractivity contribution in [1.29, 1.82) is 0 Å². The Bertz CT molecular complexity index is 1150. The maximum atomic E-state index is 14.0. The summed E-state index contributed by atoms with van der Waals surface area (Å²) in [6.07, 6.45) is 4.57. The summed E-state index contributed by atoms with van der Waals surface area (Å²) in [6.45, 7) is 5.03. The molecule has 0 N–H and O–H groups in total. The molecular weight excluding hydrogens is 431 g/mol. The van der Waals surface area contributed by atoms with E-state index in [1.54, 1.807) is 24.5 Å². The summed E-state index contributed by atoms with van der Waals surface area (Å²) in [5, 5.41) is 0. The molecule has 0 heterocycles. The first kappa shape index (κ1) is 23.3. The molecule has 0 fully saturated rings. The molecule has 1 aliphatic carbocycles. The minimum absolute atomic E-state index is 0.0389. The Morgan fingerprint density at radius 2 is 1.75 bits per heavy atom. The van der Waals surface area contributed by atoms with Crippen LogP contribution < -0.4 is 0 Å². The van der Waals surface area contributed by atoms with Gasteiger partial charge in [0.1, 0.15) is 19.0 Å². The number of carbonyl (C=O) groups is 2. The van der Waals surface area contributed by atoms with E-state index in [0.717, 1.165) is 33.2 Å². The van der Waals surface area contributed by atoms with E-state index >= 15 is 0 Å². The van der Waals surface area contributed by atoms with Crippen LogP contribution in [0, 0.1) is 5.82 Å². The van der Waals surface area contributed by atoms with E-state index in [0.29, 0.717) is 11.1 Å². The van der Waals surface area contributed by atoms with E-state index in [-0.39, 0.29) is 19.6 Å². The van der Waals surface area contributed by atoms with Gasteiger partial charge in [-0.3, -0.25) is 9.00 Å². The largest absolute Gasteiger partial charge is 0.462 e. The molecule has 0 amide bonds. The smallest absolute Gasteiger partial charge is 0.330 e. The highest BCUT2D eigenvalue weighted by Crippen LogP contribution is 2.44. The van der Waals surface area contributed by atoms with Crippen molar-refractivity contribution in [3.8, 4) is 0 Å². The predicted molar refractivity (Wildman–Crippen MR) is 122 cm³/mol. The van der Waals surface area contributed by atoms with Crippen molar-refractivity contribution in [3.63, 3.8) is 0 Å². The van der Waals surface area contributed by atoms with Crippen LogP contribution in [-0.2, 0) is 29.9 Å². The van der Waals surface area contributed by atoms with Crippen molar-refractivity contribution in [2.75, 3.05) is 19.5 Å².